The third kappa shape index (κ3) is 6.38. The van der Waals surface area contributed by atoms with E-state index in [1.165, 1.54) is 31.4 Å². The summed E-state index contributed by atoms with van der Waals surface area (Å²) in [4.78, 5) is 38.0. The van der Waals surface area contributed by atoms with Gasteiger partial charge in [-0.3, -0.25) is 0 Å². The van der Waals surface area contributed by atoms with Gasteiger partial charge in [0.05, 0.1) is 16.7 Å². The van der Waals surface area contributed by atoms with Crippen molar-refractivity contribution in [3.63, 3.8) is 0 Å². The van der Waals surface area contributed by atoms with Gasteiger partial charge >= 0.3 is 17.9 Å². The van der Waals surface area contributed by atoms with E-state index in [9.17, 15) is 14.4 Å². The van der Waals surface area contributed by atoms with Gasteiger partial charge in [0.15, 0.2) is 24.7 Å². The molecule has 192 valence electrons. The fourth-order valence-electron chi connectivity index (χ4n) is 3.80. The molecular weight excluding hydrogens is 483 g/mol. The number of hydrogen-bond donors (Lipinski definition) is 0. The molecule has 3 aromatic carbocycles. The zero-order chi connectivity index (χ0) is 26.2. The highest BCUT2D eigenvalue weighted by atomic mass is 19.1. The van der Waals surface area contributed by atoms with Crippen LogP contribution < -0.4 is 0 Å². The maximum absolute atomic E-state index is 15.8. The van der Waals surface area contributed by atoms with E-state index >= 15 is 4.39 Å². The van der Waals surface area contributed by atoms with Crippen molar-refractivity contribution >= 4 is 17.9 Å². The van der Waals surface area contributed by atoms with Gasteiger partial charge in [0.1, 0.15) is 12.7 Å². The molecule has 5 atom stereocenters. The summed E-state index contributed by atoms with van der Waals surface area (Å²) < 4.78 is 43.1. The molecule has 0 radical (unpaired) electrons. The van der Waals surface area contributed by atoms with Gasteiger partial charge in [-0.05, 0) is 36.4 Å². The van der Waals surface area contributed by atoms with Crippen LogP contribution >= 0.6 is 0 Å². The van der Waals surface area contributed by atoms with Crippen LogP contribution in [0.15, 0.2) is 91.0 Å². The van der Waals surface area contributed by atoms with E-state index in [1.807, 2.05) is 0 Å². The van der Waals surface area contributed by atoms with Gasteiger partial charge in [-0.1, -0.05) is 54.6 Å². The number of carbonyl (C=O) groups is 3. The highest BCUT2D eigenvalue weighted by Crippen LogP contribution is 2.30. The molecule has 8 nitrogen and oxygen atoms in total. The Morgan fingerprint density at radius 2 is 1.14 bits per heavy atom. The summed E-state index contributed by atoms with van der Waals surface area (Å²) >= 11 is 0. The van der Waals surface area contributed by atoms with Gasteiger partial charge in [-0.15, -0.1) is 0 Å². The number of esters is 3. The second kappa shape index (κ2) is 12.2. The minimum atomic E-state index is -2.02. The summed E-state index contributed by atoms with van der Waals surface area (Å²) in [5, 5.41) is 0. The molecule has 1 fully saturated rings. The molecule has 37 heavy (non-hydrogen) atoms. The van der Waals surface area contributed by atoms with Crippen molar-refractivity contribution < 1.29 is 42.5 Å². The molecule has 0 spiro atoms. The van der Waals surface area contributed by atoms with Gasteiger partial charge in [0.25, 0.3) is 0 Å². The lowest BCUT2D eigenvalue weighted by atomic mass is 9.99. The molecule has 0 unspecified atom stereocenters. The van der Waals surface area contributed by atoms with Crippen molar-refractivity contribution in [1.29, 1.82) is 0 Å². The van der Waals surface area contributed by atoms with Crippen LogP contribution in [0, 0.1) is 0 Å². The average Bonchev–Trinajstić information content (AvgIpc) is 2.95. The quantitative estimate of drug-likeness (QED) is 0.333. The zero-order valence-corrected chi connectivity index (χ0v) is 19.9. The predicted octanol–water partition coefficient (Wildman–Crippen LogP) is 4.00. The lowest BCUT2D eigenvalue weighted by molar-refractivity contribution is -0.282. The topological polar surface area (TPSA) is 97.4 Å². The Morgan fingerprint density at radius 1 is 0.703 bits per heavy atom. The summed E-state index contributed by atoms with van der Waals surface area (Å²) in [5.41, 5.74) is 0.661. The molecule has 1 saturated heterocycles. The molecule has 4 rings (SSSR count). The average molecular weight is 508 g/mol. The number of hydrogen-bond acceptors (Lipinski definition) is 8. The van der Waals surface area contributed by atoms with Crippen LogP contribution in [0.4, 0.5) is 4.39 Å². The number of benzene rings is 3. The van der Waals surface area contributed by atoms with Crippen LogP contribution in [0.2, 0.25) is 0 Å². The van der Waals surface area contributed by atoms with E-state index in [-0.39, 0.29) is 16.7 Å². The molecular formula is C28H25FO8. The Hall–Kier alpha value is -4.08. The van der Waals surface area contributed by atoms with Crippen LogP contribution in [0.3, 0.4) is 0 Å². The normalized spacial score (nSPS) is 23.0. The molecule has 1 heterocycles. The molecule has 0 saturated carbocycles. The van der Waals surface area contributed by atoms with Crippen molar-refractivity contribution in [2.75, 3.05) is 13.7 Å². The van der Waals surface area contributed by atoms with Gasteiger partial charge in [0.2, 0.25) is 0 Å². The standard InChI is InChI=1S/C28H25FO8/c1-33-28-24(37-27(32)20-15-9-4-10-16-20)23(36-26(31)19-13-7-3-8-14-19)22(29)21(35-28)17-34-25(30)18-11-5-2-6-12-18/h2-16,21-24,28H,17H2,1H3/t21-,22+,23+,24-,28+/m1/s1. The molecule has 0 aromatic heterocycles. The number of rotatable bonds is 8. The number of alkyl halides is 1. The smallest absolute Gasteiger partial charge is 0.338 e. The van der Waals surface area contributed by atoms with Gasteiger partial charge in [0, 0.05) is 7.11 Å². The Labute approximate surface area is 212 Å². The highest BCUT2D eigenvalue weighted by Gasteiger charge is 2.51. The summed E-state index contributed by atoms with van der Waals surface area (Å²) in [6.45, 7) is -0.493. The van der Waals surface area contributed by atoms with Crippen molar-refractivity contribution in [2.24, 2.45) is 0 Å². The first-order chi connectivity index (χ1) is 18.0. The zero-order valence-electron chi connectivity index (χ0n) is 19.9. The summed E-state index contributed by atoms with van der Waals surface area (Å²) in [6, 6.07) is 24.2. The number of halogens is 1. The fraction of sp³-hybridized carbons (Fsp3) is 0.250. The van der Waals surface area contributed by atoms with Crippen molar-refractivity contribution in [3.8, 4) is 0 Å². The van der Waals surface area contributed by atoms with E-state index in [0.717, 1.165) is 0 Å². The predicted molar refractivity (Wildman–Crippen MR) is 129 cm³/mol. The van der Waals surface area contributed by atoms with Crippen LogP contribution in [0.25, 0.3) is 0 Å². The monoisotopic (exact) mass is 508 g/mol. The molecule has 0 aliphatic carbocycles. The van der Waals surface area contributed by atoms with Crippen LogP contribution in [-0.2, 0) is 23.7 Å². The van der Waals surface area contributed by atoms with Crippen molar-refractivity contribution in [1.82, 2.24) is 0 Å². The Kier molecular flexibility index (Phi) is 8.60. The molecule has 3 aromatic rings. The molecule has 1 aliphatic rings. The largest absolute Gasteiger partial charge is 0.459 e. The van der Waals surface area contributed by atoms with Crippen LogP contribution in [0.5, 0.6) is 0 Å². The van der Waals surface area contributed by atoms with E-state index < -0.39 is 55.3 Å². The Bertz CT molecular complexity index is 1190. The second-order valence-corrected chi connectivity index (χ2v) is 8.16. The lowest BCUT2D eigenvalue weighted by Crippen LogP contribution is -2.60. The SMILES string of the molecule is CO[C@H]1O[C@H](COC(=O)c2ccccc2)[C@H](F)[C@H](OC(=O)c2ccccc2)[C@H]1OC(=O)c1ccccc1. The Balaban J connectivity index is 1.55. The van der Waals surface area contributed by atoms with Crippen LogP contribution in [-0.4, -0.2) is 62.4 Å². The van der Waals surface area contributed by atoms with Gasteiger partial charge in [-0.25, -0.2) is 18.8 Å². The first-order valence-electron chi connectivity index (χ1n) is 11.5. The third-order valence-corrected chi connectivity index (χ3v) is 5.70. The lowest BCUT2D eigenvalue weighted by Gasteiger charge is -2.41. The van der Waals surface area contributed by atoms with Crippen LogP contribution in [0.1, 0.15) is 31.1 Å². The summed E-state index contributed by atoms with van der Waals surface area (Å²) in [6.07, 6.45) is -7.75. The Morgan fingerprint density at radius 3 is 1.59 bits per heavy atom. The van der Waals surface area contributed by atoms with E-state index in [1.54, 1.807) is 66.7 Å². The molecule has 0 bridgehead atoms. The van der Waals surface area contributed by atoms with E-state index in [2.05, 4.69) is 0 Å². The van der Waals surface area contributed by atoms with E-state index in [0.29, 0.717) is 0 Å². The molecule has 0 N–H and O–H groups in total. The first kappa shape index (κ1) is 26.0. The minimum Gasteiger partial charge on any atom is -0.459 e. The van der Waals surface area contributed by atoms with Gasteiger partial charge < -0.3 is 23.7 Å². The summed E-state index contributed by atoms with van der Waals surface area (Å²) in [7, 11) is 1.27. The third-order valence-electron chi connectivity index (χ3n) is 5.70. The fourth-order valence-corrected chi connectivity index (χ4v) is 3.80. The highest BCUT2D eigenvalue weighted by molar-refractivity contribution is 5.90. The number of carbonyl (C=O) groups excluding carboxylic acids is 3. The second-order valence-electron chi connectivity index (χ2n) is 8.16. The molecule has 1 aliphatic heterocycles. The minimum absolute atomic E-state index is 0.176. The maximum atomic E-state index is 15.8. The molecule has 9 heteroatoms. The first-order valence-corrected chi connectivity index (χ1v) is 11.5. The van der Waals surface area contributed by atoms with Crippen molar-refractivity contribution in [2.45, 2.75) is 30.8 Å². The van der Waals surface area contributed by atoms with Gasteiger partial charge in [-0.2, -0.15) is 0 Å². The number of ether oxygens (including phenoxy) is 5. The number of methoxy groups -OCH3 is 1. The molecule has 0 amide bonds. The van der Waals surface area contributed by atoms with Crippen molar-refractivity contribution in [3.05, 3.63) is 108 Å². The summed E-state index contributed by atoms with van der Waals surface area (Å²) in [5.74, 6) is -2.29. The maximum Gasteiger partial charge on any atom is 0.338 e. The van der Waals surface area contributed by atoms with E-state index in [4.69, 9.17) is 23.7 Å².